The van der Waals surface area contributed by atoms with Crippen molar-refractivity contribution in [3.05, 3.63) is 24.5 Å². The average Bonchev–Trinajstić information content (AvgIpc) is 3.34. The largest absolute Gasteiger partial charge is 0.381 e. The molecule has 2 saturated heterocycles. The maximum Gasteiger partial charge on any atom is 0.228 e. The van der Waals surface area contributed by atoms with Crippen molar-refractivity contribution < 1.29 is 14.1 Å². The molecule has 8 nitrogen and oxygen atoms in total. The molecule has 132 valence electrons. The highest BCUT2D eigenvalue weighted by Crippen LogP contribution is 2.24. The van der Waals surface area contributed by atoms with Crippen LogP contribution in [0.25, 0.3) is 11.5 Å². The molecule has 0 aromatic carbocycles. The molecule has 25 heavy (non-hydrogen) atoms. The van der Waals surface area contributed by atoms with Crippen molar-refractivity contribution in [1.82, 2.24) is 25.0 Å². The van der Waals surface area contributed by atoms with E-state index in [2.05, 4.69) is 20.1 Å². The molecule has 0 N–H and O–H groups in total. The van der Waals surface area contributed by atoms with Crippen LogP contribution in [0.15, 0.2) is 23.1 Å². The predicted octanol–water partition coefficient (Wildman–Crippen LogP) is 1.34. The van der Waals surface area contributed by atoms with Crippen molar-refractivity contribution in [3.63, 3.8) is 0 Å². The molecule has 0 bridgehead atoms. The molecule has 4 rings (SSSR count). The summed E-state index contributed by atoms with van der Waals surface area (Å²) in [6.45, 7) is 2.84. The quantitative estimate of drug-likeness (QED) is 0.827. The first-order valence-corrected chi connectivity index (χ1v) is 8.75. The molecule has 1 amide bonds. The SMILES string of the molecule is O=C(C1CCOC1)N1CCCC(Cc2nc(-c3cnccn3)no2)C1. The Kier molecular flexibility index (Phi) is 4.69. The van der Waals surface area contributed by atoms with Gasteiger partial charge in [-0.25, -0.2) is 4.98 Å². The van der Waals surface area contributed by atoms with Gasteiger partial charge in [0, 0.05) is 38.5 Å². The molecule has 2 atom stereocenters. The summed E-state index contributed by atoms with van der Waals surface area (Å²) in [6, 6.07) is 0. The molecule has 2 aromatic rings. The highest BCUT2D eigenvalue weighted by atomic mass is 16.5. The van der Waals surface area contributed by atoms with Crippen molar-refractivity contribution in [2.45, 2.75) is 25.7 Å². The lowest BCUT2D eigenvalue weighted by molar-refractivity contribution is -0.137. The summed E-state index contributed by atoms with van der Waals surface area (Å²) in [4.78, 5) is 27.2. The maximum atomic E-state index is 12.6. The number of piperidine rings is 1. The predicted molar refractivity (Wildman–Crippen MR) is 87.3 cm³/mol. The Hall–Kier alpha value is -2.35. The summed E-state index contributed by atoms with van der Waals surface area (Å²) in [5.74, 6) is 1.65. The molecule has 0 radical (unpaired) electrons. The van der Waals surface area contributed by atoms with Gasteiger partial charge in [0.05, 0.1) is 18.7 Å². The maximum absolute atomic E-state index is 12.6. The van der Waals surface area contributed by atoms with Gasteiger partial charge < -0.3 is 14.2 Å². The summed E-state index contributed by atoms with van der Waals surface area (Å²) in [7, 11) is 0. The van der Waals surface area contributed by atoms with Crippen molar-refractivity contribution >= 4 is 5.91 Å². The van der Waals surface area contributed by atoms with Crippen LogP contribution in [0, 0.1) is 11.8 Å². The third-order valence-corrected chi connectivity index (χ3v) is 4.83. The Balaban J connectivity index is 1.37. The van der Waals surface area contributed by atoms with E-state index in [-0.39, 0.29) is 11.8 Å². The van der Waals surface area contributed by atoms with Crippen LogP contribution in [0.1, 0.15) is 25.2 Å². The number of likely N-dealkylation sites (tertiary alicyclic amines) is 1. The Morgan fingerprint density at radius 3 is 3.08 bits per heavy atom. The van der Waals surface area contributed by atoms with Crippen LogP contribution in [-0.4, -0.2) is 57.2 Å². The number of hydrogen-bond acceptors (Lipinski definition) is 7. The van der Waals surface area contributed by atoms with Crippen LogP contribution < -0.4 is 0 Å². The van der Waals surface area contributed by atoms with Crippen LogP contribution in [0.2, 0.25) is 0 Å². The van der Waals surface area contributed by atoms with E-state index in [1.165, 1.54) is 0 Å². The molecule has 2 aromatic heterocycles. The number of hydrogen-bond donors (Lipinski definition) is 0. The number of nitrogens with zero attached hydrogens (tertiary/aromatic N) is 5. The second-order valence-electron chi connectivity index (χ2n) is 6.66. The third-order valence-electron chi connectivity index (χ3n) is 4.83. The van der Waals surface area contributed by atoms with Crippen molar-refractivity contribution in [2.24, 2.45) is 11.8 Å². The zero-order valence-electron chi connectivity index (χ0n) is 14.0. The molecule has 0 saturated carbocycles. The van der Waals surface area contributed by atoms with E-state index in [4.69, 9.17) is 9.26 Å². The highest BCUT2D eigenvalue weighted by molar-refractivity contribution is 5.79. The number of rotatable bonds is 4. The Morgan fingerprint density at radius 2 is 2.28 bits per heavy atom. The van der Waals surface area contributed by atoms with E-state index in [9.17, 15) is 4.79 Å². The van der Waals surface area contributed by atoms with Crippen LogP contribution in [-0.2, 0) is 16.0 Å². The summed E-state index contributed by atoms with van der Waals surface area (Å²) in [5, 5.41) is 3.98. The van der Waals surface area contributed by atoms with Crippen molar-refractivity contribution in [3.8, 4) is 11.5 Å². The van der Waals surface area contributed by atoms with Gasteiger partial charge in [-0.3, -0.25) is 9.78 Å². The minimum atomic E-state index is 0.0328. The molecule has 2 aliphatic rings. The zero-order valence-corrected chi connectivity index (χ0v) is 14.0. The summed E-state index contributed by atoms with van der Waals surface area (Å²) in [6.07, 6.45) is 8.40. The average molecular weight is 343 g/mol. The Labute approximate surface area is 145 Å². The van der Waals surface area contributed by atoms with E-state index in [0.717, 1.165) is 32.4 Å². The van der Waals surface area contributed by atoms with Crippen LogP contribution >= 0.6 is 0 Å². The monoisotopic (exact) mass is 343 g/mol. The standard InChI is InChI=1S/C17H21N5O3/c23-17(13-3-7-24-11-13)22-6-1-2-12(10-22)8-15-20-16(21-25-15)14-9-18-4-5-19-14/h4-5,9,12-13H,1-3,6-8,10-11H2. The Morgan fingerprint density at radius 1 is 1.32 bits per heavy atom. The first kappa shape index (κ1) is 16.1. The number of amides is 1. The van der Waals surface area contributed by atoms with Crippen LogP contribution in [0.5, 0.6) is 0 Å². The third kappa shape index (κ3) is 3.68. The molecule has 4 heterocycles. The van der Waals surface area contributed by atoms with Crippen LogP contribution in [0.4, 0.5) is 0 Å². The lowest BCUT2D eigenvalue weighted by atomic mass is 9.93. The lowest BCUT2D eigenvalue weighted by Crippen LogP contribution is -2.43. The molecule has 8 heteroatoms. The number of carbonyl (C=O) groups is 1. The van der Waals surface area contributed by atoms with E-state index >= 15 is 0 Å². The normalized spacial score (nSPS) is 23.8. The number of aromatic nitrogens is 4. The summed E-state index contributed by atoms with van der Waals surface area (Å²) in [5.41, 5.74) is 0.596. The van der Waals surface area contributed by atoms with Gasteiger partial charge in [-0.1, -0.05) is 5.16 Å². The first-order chi connectivity index (χ1) is 12.3. The van der Waals surface area contributed by atoms with Gasteiger partial charge in [-0.2, -0.15) is 4.98 Å². The second-order valence-corrected chi connectivity index (χ2v) is 6.66. The summed E-state index contributed by atoms with van der Waals surface area (Å²) < 4.78 is 10.7. The van der Waals surface area contributed by atoms with E-state index < -0.39 is 0 Å². The van der Waals surface area contributed by atoms with E-state index in [1.54, 1.807) is 18.6 Å². The van der Waals surface area contributed by atoms with Gasteiger partial charge in [-0.15, -0.1) is 0 Å². The molecule has 0 aliphatic carbocycles. The summed E-state index contributed by atoms with van der Waals surface area (Å²) >= 11 is 0. The molecule has 2 aliphatic heterocycles. The van der Waals surface area contributed by atoms with Crippen molar-refractivity contribution in [2.75, 3.05) is 26.3 Å². The van der Waals surface area contributed by atoms with Gasteiger partial charge in [0.2, 0.25) is 17.6 Å². The van der Waals surface area contributed by atoms with Gasteiger partial charge >= 0.3 is 0 Å². The Bertz CT molecular complexity index is 714. The minimum Gasteiger partial charge on any atom is -0.381 e. The second kappa shape index (κ2) is 7.26. The highest BCUT2D eigenvalue weighted by Gasteiger charge is 2.31. The van der Waals surface area contributed by atoms with E-state index in [1.807, 2.05) is 4.90 Å². The molecular formula is C17H21N5O3. The lowest BCUT2D eigenvalue weighted by Gasteiger charge is -2.33. The smallest absolute Gasteiger partial charge is 0.228 e. The minimum absolute atomic E-state index is 0.0328. The molecule has 0 spiro atoms. The fourth-order valence-electron chi connectivity index (χ4n) is 3.52. The van der Waals surface area contributed by atoms with Crippen LogP contribution in [0.3, 0.4) is 0 Å². The topological polar surface area (TPSA) is 94.2 Å². The van der Waals surface area contributed by atoms with Gasteiger partial charge in [0.15, 0.2) is 0 Å². The van der Waals surface area contributed by atoms with Gasteiger partial charge in [0.1, 0.15) is 5.69 Å². The fraction of sp³-hybridized carbons (Fsp3) is 0.588. The first-order valence-electron chi connectivity index (χ1n) is 8.75. The van der Waals surface area contributed by atoms with E-state index in [0.29, 0.717) is 43.0 Å². The van der Waals surface area contributed by atoms with Gasteiger partial charge in [-0.05, 0) is 25.2 Å². The van der Waals surface area contributed by atoms with Crippen molar-refractivity contribution in [1.29, 1.82) is 0 Å². The zero-order chi connectivity index (χ0) is 17.1. The molecule has 2 fully saturated rings. The van der Waals surface area contributed by atoms with Gasteiger partial charge in [0.25, 0.3) is 0 Å². The number of carbonyl (C=O) groups excluding carboxylic acids is 1. The molecule has 2 unspecified atom stereocenters. The number of ether oxygens (including phenoxy) is 1. The molecular weight excluding hydrogens is 322 g/mol. The fourth-order valence-corrected chi connectivity index (χ4v) is 3.52.